The van der Waals surface area contributed by atoms with Gasteiger partial charge in [0.1, 0.15) is 0 Å². The Labute approximate surface area is 95.0 Å². The molecule has 2 fully saturated rings. The summed E-state index contributed by atoms with van der Waals surface area (Å²) in [4.78, 5) is 0. The van der Waals surface area contributed by atoms with Gasteiger partial charge in [0.25, 0.3) is 0 Å². The Morgan fingerprint density at radius 1 is 1.07 bits per heavy atom. The third-order valence-corrected chi connectivity index (χ3v) is 4.64. The van der Waals surface area contributed by atoms with Gasteiger partial charge < -0.3 is 5.32 Å². The molecular formula is C14H27N. The van der Waals surface area contributed by atoms with E-state index in [9.17, 15) is 0 Å². The van der Waals surface area contributed by atoms with Gasteiger partial charge in [-0.2, -0.15) is 0 Å². The van der Waals surface area contributed by atoms with Crippen molar-refractivity contribution in [3.8, 4) is 0 Å². The van der Waals surface area contributed by atoms with Gasteiger partial charge in [-0.3, -0.25) is 0 Å². The summed E-state index contributed by atoms with van der Waals surface area (Å²) in [7, 11) is 0. The topological polar surface area (TPSA) is 12.0 Å². The third-order valence-electron chi connectivity index (χ3n) is 4.64. The first-order valence-electron chi connectivity index (χ1n) is 6.84. The number of nitrogens with one attached hydrogen (secondary N) is 1. The van der Waals surface area contributed by atoms with E-state index >= 15 is 0 Å². The maximum Gasteiger partial charge on any atom is 0.0121 e. The van der Waals surface area contributed by atoms with E-state index in [1.54, 1.807) is 0 Å². The van der Waals surface area contributed by atoms with Crippen LogP contribution in [0.2, 0.25) is 0 Å². The maximum atomic E-state index is 3.94. The van der Waals surface area contributed by atoms with Crippen molar-refractivity contribution in [2.45, 2.75) is 77.8 Å². The molecule has 0 saturated heterocycles. The highest BCUT2D eigenvalue weighted by atomic mass is 15.0. The van der Waals surface area contributed by atoms with Crippen molar-refractivity contribution in [2.75, 3.05) is 0 Å². The van der Waals surface area contributed by atoms with Gasteiger partial charge in [-0.25, -0.2) is 0 Å². The summed E-state index contributed by atoms with van der Waals surface area (Å²) in [5, 5.41) is 3.94. The molecule has 0 heterocycles. The molecule has 1 nitrogen and oxygen atoms in total. The zero-order valence-corrected chi connectivity index (χ0v) is 10.7. The zero-order chi connectivity index (χ0) is 10.9. The average Bonchev–Trinajstić information content (AvgIpc) is 2.55. The van der Waals surface area contributed by atoms with Crippen molar-refractivity contribution >= 4 is 0 Å². The summed E-state index contributed by atoms with van der Waals surface area (Å²) in [6.07, 6.45) is 9.94. The molecule has 1 heteroatoms. The molecule has 0 spiro atoms. The van der Waals surface area contributed by atoms with Crippen LogP contribution in [0.1, 0.15) is 65.7 Å². The first kappa shape index (κ1) is 11.4. The van der Waals surface area contributed by atoms with Gasteiger partial charge in [0, 0.05) is 12.1 Å². The van der Waals surface area contributed by atoms with Crippen LogP contribution in [-0.4, -0.2) is 12.1 Å². The summed E-state index contributed by atoms with van der Waals surface area (Å²) < 4.78 is 0. The predicted molar refractivity (Wildman–Crippen MR) is 66.0 cm³/mol. The van der Waals surface area contributed by atoms with Crippen LogP contribution in [0.4, 0.5) is 0 Å². The molecule has 1 N–H and O–H groups in total. The summed E-state index contributed by atoms with van der Waals surface area (Å²) >= 11 is 0. The van der Waals surface area contributed by atoms with Crippen LogP contribution in [0.15, 0.2) is 0 Å². The first-order valence-corrected chi connectivity index (χ1v) is 6.84. The van der Waals surface area contributed by atoms with Crippen molar-refractivity contribution in [3.63, 3.8) is 0 Å². The van der Waals surface area contributed by atoms with Crippen molar-refractivity contribution < 1.29 is 0 Å². The SMILES string of the molecule is CC1CCC(NC2CCCCC2(C)C)C1. The summed E-state index contributed by atoms with van der Waals surface area (Å²) in [5.41, 5.74) is 0.532. The van der Waals surface area contributed by atoms with Gasteiger partial charge >= 0.3 is 0 Å². The molecule has 3 unspecified atom stereocenters. The Hall–Kier alpha value is -0.0400. The fourth-order valence-corrected chi connectivity index (χ4v) is 3.45. The van der Waals surface area contributed by atoms with E-state index in [1.807, 2.05) is 0 Å². The van der Waals surface area contributed by atoms with E-state index < -0.39 is 0 Å². The van der Waals surface area contributed by atoms with E-state index in [0.29, 0.717) is 5.41 Å². The fourth-order valence-electron chi connectivity index (χ4n) is 3.45. The summed E-state index contributed by atoms with van der Waals surface area (Å²) in [6.45, 7) is 7.29. The largest absolute Gasteiger partial charge is 0.311 e. The lowest BCUT2D eigenvalue weighted by molar-refractivity contribution is 0.155. The molecule has 2 rings (SSSR count). The number of rotatable bonds is 2. The molecule has 0 amide bonds. The average molecular weight is 209 g/mol. The van der Waals surface area contributed by atoms with Gasteiger partial charge in [-0.05, 0) is 43.4 Å². The van der Waals surface area contributed by atoms with Gasteiger partial charge in [0.2, 0.25) is 0 Å². The van der Waals surface area contributed by atoms with Crippen LogP contribution >= 0.6 is 0 Å². The Kier molecular flexibility index (Phi) is 3.39. The second-order valence-corrected chi connectivity index (χ2v) is 6.57. The molecule has 2 aliphatic carbocycles. The summed E-state index contributed by atoms with van der Waals surface area (Å²) in [6, 6.07) is 1.60. The number of hydrogen-bond acceptors (Lipinski definition) is 1. The Morgan fingerprint density at radius 3 is 2.47 bits per heavy atom. The van der Waals surface area contributed by atoms with Gasteiger partial charge in [0.05, 0.1) is 0 Å². The van der Waals surface area contributed by atoms with Crippen LogP contribution < -0.4 is 5.32 Å². The molecule has 88 valence electrons. The molecular weight excluding hydrogens is 182 g/mol. The molecule has 2 saturated carbocycles. The van der Waals surface area contributed by atoms with Crippen molar-refractivity contribution in [3.05, 3.63) is 0 Å². The second-order valence-electron chi connectivity index (χ2n) is 6.57. The lowest BCUT2D eigenvalue weighted by atomic mass is 9.73. The zero-order valence-electron chi connectivity index (χ0n) is 10.7. The van der Waals surface area contributed by atoms with Crippen molar-refractivity contribution in [2.24, 2.45) is 11.3 Å². The van der Waals surface area contributed by atoms with Crippen LogP contribution in [0.5, 0.6) is 0 Å². The van der Waals surface area contributed by atoms with Gasteiger partial charge in [-0.1, -0.05) is 33.6 Å². The van der Waals surface area contributed by atoms with Crippen LogP contribution in [0.3, 0.4) is 0 Å². The molecule has 2 aliphatic rings. The molecule has 3 atom stereocenters. The maximum absolute atomic E-state index is 3.94. The minimum absolute atomic E-state index is 0.532. The van der Waals surface area contributed by atoms with Gasteiger partial charge in [0.15, 0.2) is 0 Å². The van der Waals surface area contributed by atoms with E-state index in [0.717, 1.165) is 18.0 Å². The normalized spacial score (nSPS) is 40.6. The highest BCUT2D eigenvalue weighted by molar-refractivity contribution is 4.91. The molecule has 0 aromatic heterocycles. The fraction of sp³-hybridized carbons (Fsp3) is 1.00. The monoisotopic (exact) mass is 209 g/mol. The molecule has 15 heavy (non-hydrogen) atoms. The second kappa shape index (κ2) is 4.45. The smallest absolute Gasteiger partial charge is 0.0121 e. The highest BCUT2D eigenvalue weighted by Crippen LogP contribution is 2.37. The molecule has 0 radical (unpaired) electrons. The van der Waals surface area contributed by atoms with Crippen LogP contribution in [-0.2, 0) is 0 Å². The van der Waals surface area contributed by atoms with Crippen LogP contribution in [0.25, 0.3) is 0 Å². The lowest BCUT2D eigenvalue weighted by Gasteiger charge is -2.40. The van der Waals surface area contributed by atoms with Gasteiger partial charge in [-0.15, -0.1) is 0 Å². The number of hydrogen-bond donors (Lipinski definition) is 1. The minimum atomic E-state index is 0.532. The minimum Gasteiger partial charge on any atom is -0.311 e. The molecule has 0 aromatic rings. The van der Waals surface area contributed by atoms with Crippen molar-refractivity contribution in [1.29, 1.82) is 0 Å². The lowest BCUT2D eigenvalue weighted by Crippen LogP contribution is -2.47. The quantitative estimate of drug-likeness (QED) is 0.730. The predicted octanol–water partition coefficient (Wildman–Crippen LogP) is 3.73. The van der Waals surface area contributed by atoms with E-state index in [-0.39, 0.29) is 0 Å². The molecule has 0 aromatic carbocycles. The Balaban J connectivity index is 1.87. The third kappa shape index (κ3) is 2.75. The summed E-state index contributed by atoms with van der Waals surface area (Å²) in [5.74, 6) is 0.953. The van der Waals surface area contributed by atoms with E-state index in [1.165, 1.54) is 44.9 Å². The molecule has 0 aliphatic heterocycles. The standard InChI is InChI=1S/C14H27N/c1-11-7-8-12(10-11)15-13-6-4-5-9-14(13,2)3/h11-13,15H,4-10H2,1-3H3. The Morgan fingerprint density at radius 2 is 1.87 bits per heavy atom. The first-order chi connectivity index (χ1) is 7.08. The van der Waals surface area contributed by atoms with E-state index in [2.05, 4.69) is 26.1 Å². The molecule has 0 bridgehead atoms. The van der Waals surface area contributed by atoms with Crippen molar-refractivity contribution in [1.82, 2.24) is 5.32 Å². The van der Waals surface area contributed by atoms with E-state index in [4.69, 9.17) is 0 Å². The van der Waals surface area contributed by atoms with Crippen LogP contribution in [0, 0.1) is 11.3 Å². The Bertz CT molecular complexity index is 209. The highest BCUT2D eigenvalue weighted by Gasteiger charge is 2.34.